The standard InChI is InChI=1S/C24H35N3O3/c1-25-12-11-24(22(25)28,17-18-7-5-4-6-8-18)23(29)26(2)21-15-19-9-10-20(16-21)27(19)13-14-30-3/h4-8,19-21H,9-17H2,1-3H3. The normalized spacial score (nSPS) is 31.4. The number of methoxy groups -OCH3 is 1. The molecule has 3 aliphatic rings. The van der Waals surface area contributed by atoms with Gasteiger partial charge in [0.25, 0.3) is 0 Å². The van der Waals surface area contributed by atoms with Crippen LogP contribution >= 0.6 is 0 Å². The second kappa shape index (κ2) is 8.67. The van der Waals surface area contributed by atoms with E-state index < -0.39 is 5.41 Å². The molecule has 0 spiro atoms. The summed E-state index contributed by atoms with van der Waals surface area (Å²) < 4.78 is 5.29. The molecule has 3 unspecified atom stereocenters. The molecule has 3 saturated heterocycles. The van der Waals surface area contributed by atoms with Crippen molar-refractivity contribution in [3.63, 3.8) is 0 Å². The zero-order valence-corrected chi connectivity index (χ0v) is 18.5. The van der Waals surface area contributed by atoms with E-state index in [0.29, 0.717) is 31.5 Å². The van der Waals surface area contributed by atoms with Gasteiger partial charge in [-0.3, -0.25) is 14.5 Å². The third kappa shape index (κ3) is 3.76. The fourth-order valence-electron chi connectivity index (χ4n) is 5.94. The highest BCUT2D eigenvalue weighted by Gasteiger charge is 2.54. The number of nitrogens with zero attached hydrogens (tertiary/aromatic N) is 3. The SMILES string of the molecule is COCCN1C2CCC1CC(N(C)C(=O)C1(Cc3ccccc3)CCN(C)C1=O)C2. The molecule has 164 valence electrons. The summed E-state index contributed by atoms with van der Waals surface area (Å²) in [6.45, 7) is 2.37. The smallest absolute Gasteiger partial charge is 0.238 e. The number of hydrogen-bond acceptors (Lipinski definition) is 4. The van der Waals surface area contributed by atoms with Crippen LogP contribution in [0.2, 0.25) is 0 Å². The van der Waals surface area contributed by atoms with Crippen molar-refractivity contribution < 1.29 is 14.3 Å². The largest absolute Gasteiger partial charge is 0.383 e. The Morgan fingerprint density at radius 1 is 1.20 bits per heavy atom. The zero-order valence-electron chi connectivity index (χ0n) is 18.5. The highest BCUT2D eigenvalue weighted by molar-refractivity contribution is 6.06. The Bertz CT molecular complexity index is 756. The van der Waals surface area contributed by atoms with Gasteiger partial charge in [0.1, 0.15) is 5.41 Å². The second-order valence-electron chi connectivity index (χ2n) is 9.38. The minimum Gasteiger partial charge on any atom is -0.383 e. The van der Waals surface area contributed by atoms with E-state index in [-0.39, 0.29) is 17.9 Å². The first-order chi connectivity index (χ1) is 14.5. The Morgan fingerprint density at radius 2 is 1.87 bits per heavy atom. The third-order valence-corrected chi connectivity index (χ3v) is 7.67. The van der Waals surface area contributed by atoms with Gasteiger partial charge in [-0.15, -0.1) is 0 Å². The molecule has 0 N–H and O–H groups in total. The van der Waals surface area contributed by atoms with Gasteiger partial charge >= 0.3 is 0 Å². The first-order valence-electron chi connectivity index (χ1n) is 11.3. The van der Waals surface area contributed by atoms with Gasteiger partial charge in [0.05, 0.1) is 6.61 Å². The highest BCUT2D eigenvalue weighted by atomic mass is 16.5. The molecular weight excluding hydrogens is 378 g/mol. The maximum absolute atomic E-state index is 13.9. The van der Waals surface area contributed by atoms with Crippen molar-refractivity contribution in [2.24, 2.45) is 5.41 Å². The van der Waals surface area contributed by atoms with E-state index in [0.717, 1.165) is 31.6 Å². The summed E-state index contributed by atoms with van der Waals surface area (Å²) in [7, 11) is 5.50. The topological polar surface area (TPSA) is 53.1 Å². The van der Waals surface area contributed by atoms with Gasteiger partial charge in [-0.25, -0.2) is 0 Å². The lowest BCUT2D eigenvalue weighted by Crippen LogP contribution is -2.56. The first kappa shape index (κ1) is 21.3. The predicted molar refractivity (Wildman–Crippen MR) is 116 cm³/mol. The number of hydrogen-bond donors (Lipinski definition) is 0. The molecule has 0 saturated carbocycles. The van der Waals surface area contributed by atoms with Crippen molar-refractivity contribution in [3.8, 4) is 0 Å². The Labute approximate surface area is 180 Å². The molecule has 4 rings (SSSR count). The molecule has 30 heavy (non-hydrogen) atoms. The molecule has 1 aromatic carbocycles. The van der Waals surface area contributed by atoms with Crippen LogP contribution in [0.15, 0.2) is 30.3 Å². The molecule has 0 aliphatic carbocycles. The number of rotatable bonds is 7. The van der Waals surface area contributed by atoms with Crippen LogP contribution in [0.4, 0.5) is 0 Å². The summed E-state index contributed by atoms with van der Waals surface area (Å²) in [4.78, 5) is 33.3. The van der Waals surface area contributed by atoms with Crippen LogP contribution in [0.5, 0.6) is 0 Å². The molecule has 2 bridgehead atoms. The van der Waals surface area contributed by atoms with Gasteiger partial charge < -0.3 is 14.5 Å². The lowest BCUT2D eigenvalue weighted by molar-refractivity contribution is -0.152. The molecule has 3 aliphatic heterocycles. The van der Waals surface area contributed by atoms with Crippen molar-refractivity contribution in [3.05, 3.63) is 35.9 Å². The summed E-state index contributed by atoms with van der Waals surface area (Å²) >= 11 is 0. The molecule has 3 atom stereocenters. The number of ether oxygens (including phenoxy) is 1. The van der Waals surface area contributed by atoms with Gasteiger partial charge in [0.15, 0.2) is 0 Å². The maximum atomic E-state index is 13.9. The molecule has 6 heteroatoms. The summed E-state index contributed by atoms with van der Waals surface area (Å²) in [6.07, 6.45) is 5.47. The van der Waals surface area contributed by atoms with Gasteiger partial charge in [0.2, 0.25) is 11.8 Å². The average Bonchev–Trinajstić information content (AvgIpc) is 3.17. The third-order valence-electron chi connectivity index (χ3n) is 7.67. The minimum absolute atomic E-state index is 0.00967. The molecule has 0 radical (unpaired) electrons. The maximum Gasteiger partial charge on any atom is 0.238 e. The number of likely N-dealkylation sites (tertiary alicyclic amines) is 1. The van der Waals surface area contributed by atoms with E-state index in [1.807, 2.05) is 49.3 Å². The van der Waals surface area contributed by atoms with E-state index in [4.69, 9.17) is 4.74 Å². The van der Waals surface area contributed by atoms with Gasteiger partial charge in [-0.05, 0) is 44.1 Å². The summed E-state index contributed by atoms with van der Waals surface area (Å²) in [5.74, 6) is -0.0147. The number of piperidine rings is 1. The summed E-state index contributed by atoms with van der Waals surface area (Å²) in [6, 6.07) is 11.2. The van der Waals surface area contributed by atoms with Crippen molar-refractivity contribution in [2.45, 2.75) is 56.7 Å². The van der Waals surface area contributed by atoms with Crippen molar-refractivity contribution >= 4 is 11.8 Å². The minimum atomic E-state index is -0.961. The monoisotopic (exact) mass is 413 g/mol. The lowest BCUT2D eigenvalue weighted by Gasteiger charge is -2.44. The van der Waals surface area contributed by atoms with E-state index in [9.17, 15) is 9.59 Å². The number of fused-ring (bicyclic) bond motifs is 2. The lowest BCUT2D eigenvalue weighted by atomic mass is 9.78. The molecule has 6 nitrogen and oxygen atoms in total. The van der Waals surface area contributed by atoms with Crippen LogP contribution < -0.4 is 0 Å². The number of benzene rings is 1. The van der Waals surface area contributed by atoms with Crippen LogP contribution in [0, 0.1) is 5.41 Å². The molecule has 1 aromatic rings. The van der Waals surface area contributed by atoms with Gasteiger partial charge in [0, 0.05) is 52.4 Å². The predicted octanol–water partition coefficient (Wildman–Crippen LogP) is 2.18. The van der Waals surface area contributed by atoms with Crippen molar-refractivity contribution in [2.75, 3.05) is 40.9 Å². The van der Waals surface area contributed by atoms with Gasteiger partial charge in [-0.2, -0.15) is 0 Å². The van der Waals surface area contributed by atoms with Crippen LogP contribution in [-0.4, -0.2) is 85.5 Å². The molecular formula is C24H35N3O3. The number of carbonyl (C=O) groups is 2. The van der Waals surface area contributed by atoms with Crippen molar-refractivity contribution in [1.29, 1.82) is 0 Å². The number of carbonyl (C=O) groups excluding carboxylic acids is 2. The Morgan fingerprint density at radius 3 is 2.43 bits per heavy atom. The Balaban J connectivity index is 1.52. The first-order valence-corrected chi connectivity index (χ1v) is 11.3. The molecule has 2 amide bonds. The van der Waals surface area contributed by atoms with Gasteiger partial charge in [-0.1, -0.05) is 30.3 Å². The molecule has 3 heterocycles. The summed E-state index contributed by atoms with van der Waals surface area (Å²) in [5, 5.41) is 0. The fraction of sp³-hybridized carbons (Fsp3) is 0.667. The second-order valence-corrected chi connectivity index (χ2v) is 9.38. The highest BCUT2D eigenvalue weighted by Crippen LogP contribution is 2.41. The number of amides is 2. The zero-order chi connectivity index (χ0) is 21.3. The summed E-state index contributed by atoms with van der Waals surface area (Å²) in [5.41, 5.74) is 0.0919. The quantitative estimate of drug-likeness (QED) is 0.643. The van der Waals surface area contributed by atoms with Crippen LogP contribution in [0.25, 0.3) is 0 Å². The molecule has 0 aromatic heterocycles. The van der Waals surface area contributed by atoms with Crippen LogP contribution in [0.1, 0.15) is 37.7 Å². The Hall–Kier alpha value is -1.92. The molecule has 3 fully saturated rings. The van der Waals surface area contributed by atoms with E-state index >= 15 is 0 Å². The fourth-order valence-corrected chi connectivity index (χ4v) is 5.94. The van der Waals surface area contributed by atoms with E-state index in [1.165, 1.54) is 12.8 Å². The van der Waals surface area contributed by atoms with Crippen LogP contribution in [-0.2, 0) is 20.7 Å². The van der Waals surface area contributed by atoms with Crippen LogP contribution in [0.3, 0.4) is 0 Å². The Kier molecular flexibility index (Phi) is 6.16. The van der Waals surface area contributed by atoms with E-state index in [1.54, 1.807) is 12.0 Å². The van der Waals surface area contributed by atoms with Crippen molar-refractivity contribution in [1.82, 2.24) is 14.7 Å². The average molecular weight is 414 g/mol. The van der Waals surface area contributed by atoms with E-state index in [2.05, 4.69) is 4.90 Å².